The molecule has 0 aromatic heterocycles. The zero-order valence-electron chi connectivity index (χ0n) is 13.4. The minimum absolute atomic E-state index is 0.102. The fourth-order valence-corrected chi connectivity index (χ4v) is 2.66. The molecule has 0 bridgehead atoms. The third-order valence-electron chi connectivity index (χ3n) is 2.59. The third kappa shape index (κ3) is 7.13. The Balaban J connectivity index is 2.37. The van der Waals surface area contributed by atoms with Gasteiger partial charge in [-0.1, -0.05) is 24.3 Å². The fourth-order valence-electron chi connectivity index (χ4n) is 1.58. The summed E-state index contributed by atoms with van der Waals surface area (Å²) in [5.41, 5.74) is -0.186. The summed E-state index contributed by atoms with van der Waals surface area (Å²) < 4.78 is 31.5. The highest BCUT2D eigenvalue weighted by molar-refractivity contribution is 7.89. The Hall–Kier alpha value is -2.11. The second-order valence-electron chi connectivity index (χ2n) is 5.79. The number of hydrogen-bond donors (Lipinski definition) is 2. The van der Waals surface area contributed by atoms with Gasteiger partial charge in [0.05, 0.1) is 11.5 Å². The molecule has 7 nitrogen and oxygen atoms in total. The van der Waals surface area contributed by atoms with Crippen LogP contribution in [-0.2, 0) is 14.8 Å². The van der Waals surface area contributed by atoms with Crippen LogP contribution in [0.3, 0.4) is 0 Å². The lowest BCUT2D eigenvalue weighted by molar-refractivity contribution is 0.0527. The van der Waals surface area contributed by atoms with Crippen molar-refractivity contribution >= 4 is 21.8 Å². The van der Waals surface area contributed by atoms with Gasteiger partial charge >= 0.3 is 6.09 Å². The standard InChI is InChI=1S/C15H21N3O4S/c1-15(2,3)22-14(19)17-10-5-11-18-23(20,21)13-8-6-12(16-4)7-9-13/h6-9,18H,5,10-11H2,1-3H3,(H,17,19). The minimum Gasteiger partial charge on any atom is -0.444 e. The van der Waals surface area contributed by atoms with Crippen molar-refractivity contribution in [3.63, 3.8) is 0 Å². The fraction of sp³-hybridized carbons (Fsp3) is 0.467. The van der Waals surface area contributed by atoms with Crippen molar-refractivity contribution < 1.29 is 17.9 Å². The lowest BCUT2D eigenvalue weighted by atomic mass is 10.2. The highest BCUT2D eigenvalue weighted by atomic mass is 32.2. The molecule has 0 heterocycles. The molecule has 2 N–H and O–H groups in total. The Morgan fingerprint density at radius 3 is 2.35 bits per heavy atom. The number of ether oxygens (including phenoxy) is 1. The summed E-state index contributed by atoms with van der Waals surface area (Å²) in [5.74, 6) is 0. The molecule has 1 rings (SSSR count). The lowest BCUT2D eigenvalue weighted by Crippen LogP contribution is -2.34. The maximum atomic E-state index is 12.0. The number of alkyl carbamates (subject to hydrolysis) is 1. The molecule has 0 atom stereocenters. The first-order valence-corrected chi connectivity index (χ1v) is 8.56. The van der Waals surface area contributed by atoms with E-state index in [1.807, 2.05) is 0 Å². The van der Waals surface area contributed by atoms with Crippen LogP contribution in [0.1, 0.15) is 27.2 Å². The molecule has 0 aliphatic carbocycles. The van der Waals surface area contributed by atoms with Crippen LogP contribution in [0.25, 0.3) is 4.85 Å². The Kier molecular flexibility index (Phi) is 6.54. The predicted molar refractivity (Wildman–Crippen MR) is 86.7 cm³/mol. The first-order chi connectivity index (χ1) is 10.6. The molecule has 23 heavy (non-hydrogen) atoms. The van der Waals surface area contributed by atoms with E-state index in [0.717, 1.165) is 0 Å². The van der Waals surface area contributed by atoms with Crippen LogP contribution in [0.2, 0.25) is 0 Å². The van der Waals surface area contributed by atoms with E-state index in [4.69, 9.17) is 11.3 Å². The number of carbonyl (C=O) groups is 1. The maximum Gasteiger partial charge on any atom is 0.407 e. The van der Waals surface area contributed by atoms with Gasteiger partial charge in [-0.15, -0.1) is 0 Å². The molecule has 1 aromatic rings. The average molecular weight is 339 g/mol. The van der Waals surface area contributed by atoms with Gasteiger partial charge in [0.1, 0.15) is 5.60 Å². The van der Waals surface area contributed by atoms with E-state index in [9.17, 15) is 13.2 Å². The van der Waals surface area contributed by atoms with Crippen LogP contribution in [-0.4, -0.2) is 33.2 Å². The topological polar surface area (TPSA) is 88.9 Å². The van der Waals surface area contributed by atoms with Gasteiger partial charge in [-0.05, 0) is 27.2 Å². The molecule has 0 aliphatic heterocycles. The first kappa shape index (κ1) is 18.9. The van der Waals surface area contributed by atoms with Gasteiger partial charge in [0.15, 0.2) is 5.69 Å². The number of rotatable bonds is 6. The molecule has 0 aliphatic rings. The number of amides is 1. The second kappa shape index (κ2) is 7.94. The van der Waals surface area contributed by atoms with Crippen LogP contribution in [0.15, 0.2) is 29.2 Å². The van der Waals surface area contributed by atoms with Crippen LogP contribution in [0.5, 0.6) is 0 Å². The summed E-state index contributed by atoms with van der Waals surface area (Å²) in [6.45, 7) is 12.6. The molecule has 0 unspecified atom stereocenters. The summed E-state index contributed by atoms with van der Waals surface area (Å²) in [6.07, 6.45) is -0.103. The van der Waals surface area contributed by atoms with Gasteiger partial charge in [-0.2, -0.15) is 0 Å². The van der Waals surface area contributed by atoms with Crippen molar-refractivity contribution in [2.45, 2.75) is 37.7 Å². The minimum atomic E-state index is -3.61. The largest absolute Gasteiger partial charge is 0.444 e. The Bertz CT molecular complexity index is 670. The number of sulfonamides is 1. The molecule has 126 valence electrons. The van der Waals surface area contributed by atoms with E-state index < -0.39 is 21.7 Å². The zero-order chi connectivity index (χ0) is 17.5. The number of nitrogens with zero attached hydrogens (tertiary/aromatic N) is 1. The summed E-state index contributed by atoms with van der Waals surface area (Å²) in [6, 6.07) is 5.67. The Morgan fingerprint density at radius 2 is 1.83 bits per heavy atom. The van der Waals surface area contributed by atoms with E-state index in [0.29, 0.717) is 18.7 Å². The molecule has 0 saturated carbocycles. The quantitative estimate of drug-likeness (QED) is 0.615. The number of carbonyl (C=O) groups excluding carboxylic acids is 1. The molecule has 0 radical (unpaired) electrons. The normalized spacial score (nSPS) is 11.6. The SMILES string of the molecule is [C-]#[N+]c1ccc(S(=O)(=O)NCCCNC(=O)OC(C)(C)C)cc1. The van der Waals surface area contributed by atoms with Gasteiger partial charge < -0.3 is 10.1 Å². The summed E-state index contributed by atoms with van der Waals surface area (Å²) >= 11 is 0. The monoisotopic (exact) mass is 339 g/mol. The van der Waals surface area contributed by atoms with Crippen molar-refractivity contribution in [2.75, 3.05) is 13.1 Å². The molecular formula is C15H21N3O4S. The predicted octanol–water partition coefficient (Wildman–Crippen LogP) is 2.43. The molecule has 8 heteroatoms. The van der Waals surface area contributed by atoms with Crippen LogP contribution in [0, 0.1) is 6.57 Å². The second-order valence-corrected chi connectivity index (χ2v) is 7.55. The van der Waals surface area contributed by atoms with Crippen LogP contribution in [0.4, 0.5) is 10.5 Å². The molecule has 0 spiro atoms. The Labute approximate surface area is 136 Å². The van der Waals surface area contributed by atoms with Crippen molar-refractivity contribution in [2.24, 2.45) is 0 Å². The van der Waals surface area contributed by atoms with Crippen molar-refractivity contribution in [3.05, 3.63) is 35.7 Å². The highest BCUT2D eigenvalue weighted by Crippen LogP contribution is 2.15. The van der Waals surface area contributed by atoms with Crippen molar-refractivity contribution in [1.82, 2.24) is 10.0 Å². The van der Waals surface area contributed by atoms with Gasteiger partial charge in [-0.25, -0.2) is 22.8 Å². The Morgan fingerprint density at radius 1 is 1.22 bits per heavy atom. The molecule has 1 aromatic carbocycles. The smallest absolute Gasteiger partial charge is 0.407 e. The molecule has 0 fully saturated rings. The van der Waals surface area contributed by atoms with E-state index in [1.54, 1.807) is 20.8 Å². The molecule has 1 amide bonds. The maximum absolute atomic E-state index is 12.0. The van der Waals surface area contributed by atoms with Gasteiger partial charge in [0, 0.05) is 13.1 Å². The summed E-state index contributed by atoms with van der Waals surface area (Å²) in [5, 5.41) is 2.55. The van der Waals surface area contributed by atoms with Crippen LogP contribution < -0.4 is 10.0 Å². The highest BCUT2D eigenvalue weighted by Gasteiger charge is 2.16. The van der Waals surface area contributed by atoms with Crippen LogP contribution >= 0.6 is 0 Å². The summed E-state index contributed by atoms with van der Waals surface area (Å²) in [7, 11) is -3.61. The van der Waals surface area contributed by atoms with Gasteiger partial charge in [-0.3, -0.25) is 0 Å². The third-order valence-corrected chi connectivity index (χ3v) is 4.07. The lowest BCUT2D eigenvalue weighted by Gasteiger charge is -2.19. The van der Waals surface area contributed by atoms with Gasteiger partial charge in [0.25, 0.3) is 0 Å². The van der Waals surface area contributed by atoms with Crippen molar-refractivity contribution in [1.29, 1.82) is 0 Å². The number of hydrogen-bond acceptors (Lipinski definition) is 4. The van der Waals surface area contributed by atoms with E-state index in [-0.39, 0.29) is 11.4 Å². The average Bonchev–Trinajstić information content (AvgIpc) is 2.45. The van der Waals surface area contributed by atoms with E-state index >= 15 is 0 Å². The number of nitrogens with one attached hydrogen (secondary N) is 2. The summed E-state index contributed by atoms with van der Waals surface area (Å²) in [4.78, 5) is 14.7. The van der Waals surface area contributed by atoms with Gasteiger partial charge in [0.2, 0.25) is 10.0 Å². The van der Waals surface area contributed by atoms with Crippen molar-refractivity contribution in [3.8, 4) is 0 Å². The van der Waals surface area contributed by atoms with E-state index in [1.165, 1.54) is 24.3 Å². The first-order valence-electron chi connectivity index (χ1n) is 7.08. The van der Waals surface area contributed by atoms with E-state index in [2.05, 4.69) is 14.9 Å². The zero-order valence-corrected chi connectivity index (χ0v) is 14.2. The number of benzene rings is 1. The molecule has 0 saturated heterocycles. The molecular weight excluding hydrogens is 318 g/mol.